The van der Waals surface area contributed by atoms with Gasteiger partial charge in [0.25, 0.3) is 0 Å². The molecule has 0 saturated carbocycles. The Balaban J connectivity index is 2.33. The predicted molar refractivity (Wildman–Crippen MR) is 80.5 cm³/mol. The topological polar surface area (TPSA) is 74.4 Å². The molecule has 0 fully saturated rings. The molecule has 7 nitrogen and oxygen atoms in total. The molecule has 1 aromatic carbocycles. The summed E-state index contributed by atoms with van der Waals surface area (Å²) in [6.45, 7) is 0.317. The van der Waals surface area contributed by atoms with E-state index in [1.165, 1.54) is 0 Å². The van der Waals surface area contributed by atoms with E-state index >= 15 is 0 Å². The van der Waals surface area contributed by atoms with Gasteiger partial charge in [0, 0.05) is 26.2 Å². The Morgan fingerprint density at radius 2 is 2.14 bits per heavy atom. The van der Waals surface area contributed by atoms with E-state index in [-0.39, 0.29) is 0 Å². The zero-order chi connectivity index (χ0) is 15.4. The van der Waals surface area contributed by atoms with Crippen molar-refractivity contribution in [2.45, 2.75) is 6.54 Å². The summed E-state index contributed by atoms with van der Waals surface area (Å²) in [5.41, 5.74) is 0.775. The average Bonchev–Trinajstić information content (AvgIpc) is 2.87. The summed E-state index contributed by atoms with van der Waals surface area (Å²) in [7, 11) is 5.13. The van der Waals surface area contributed by atoms with Crippen molar-refractivity contribution in [3.63, 3.8) is 0 Å². The molecule has 0 aliphatic rings. The van der Waals surface area contributed by atoms with Crippen LogP contribution in [0, 0.1) is 0 Å². The Morgan fingerprint density at radius 1 is 1.48 bits per heavy atom. The van der Waals surface area contributed by atoms with Crippen LogP contribution in [0.4, 0.5) is 0 Å². The summed E-state index contributed by atoms with van der Waals surface area (Å²) >= 11 is 5.13. The molecule has 112 valence electrons. The van der Waals surface area contributed by atoms with Gasteiger partial charge in [-0.3, -0.25) is 4.52 Å². The fourth-order valence-corrected chi connectivity index (χ4v) is 1.92. The lowest BCUT2D eigenvalue weighted by Crippen LogP contribution is -2.43. The van der Waals surface area contributed by atoms with Crippen molar-refractivity contribution in [1.82, 2.24) is 15.5 Å². The molecule has 8 heteroatoms. The van der Waals surface area contributed by atoms with Gasteiger partial charge in [-0.2, -0.15) is 0 Å². The van der Waals surface area contributed by atoms with Crippen LogP contribution >= 0.6 is 12.2 Å². The van der Waals surface area contributed by atoms with E-state index in [0.29, 0.717) is 17.4 Å². The Morgan fingerprint density at radius 3 is 2.71 bits per heavy atom. The quantitative estimate of drug-likeness (QED) is 0.620. The molecular formula is C13H17N4O3S+. The molecule has 21 heavy (non-hydrogen) atoms. The molecule has 2 rings (SSSR count). The van der Waals surface area contributed by atoms with Crippen molar-refractivity contribution in [2.24, 2.45) is 0 Å². The van der Waals surface area contributed by atoms with Gasteiger partial charge >= 0.3 is 11.3 Å². The molecule has 0 radical (unpaired) electrons. The van der Waals surface area contributed by atoms with Gasteiger partial charge in [0.15, 0.2) is 5.11 Å². The van der Waals surface area contributed by atoms with Gasteiger partial charge in [-0.25, -0.2) is 4.79 Å². The average molecular weight is 309 g/mol. The SMILES string of the molecule is CNC(=S)N(C)Cc1c(=O)o[nH][n+]1-c1ccc(OC)cc1. The third kappa shape index (κ3) is 3.22. The first-order chi connectivity index (χ1) is 10.1. The van der Waals surface area contributed by atoms with Crippen LogP contribution in [0.25, 0.3) is 5.69 Å². The van der Waals surface area contributed by atoms with Crippen molar-refractivity contribution in [2.75, 3.05) is 21.2 Å². The van der Waals surface area contributed by atoms with E-state index in [4.69, 9.17) is 21.5 Å². The number of rotatable bonds is 4. The molecule has 2 N–H and O–H groups in total. The lowest BCUT2D eigenvalue weighted by molar-refractivity contribution is -0.678. The van der Waals surface area contributed by atoms with E-state index in [2.05, 4.69) is 10.6 Å². The molecule has 0 saturated heterocycles. The number of hydrogen-bond donors (Lipinski definition) is 2. The fourth-order valence-electron chi connectivity index (χ4n) is 1.85. The van der Waals surface area contributed by atoms with Crippen molar-refractivity contribution in [3.8, 4) is 11.4 Å². The van der Waals surface area contributed by atoms with Gasteiger partial charge in [0.05, 0.1) is 7.11 Å². The summed E-state index contributed by atoms with van der Waals surface area (Å²) < 4.78 is 11.6. The minimum atomic E-state index is -0.434. The maximum atomic E-state index is 11.8. The van der Waals surface area contributed by atoms with Crippen LogP contribution in [0.15, 0.2) is 33.6 Å². The third-order valence-corrected chi connectivity index (χ3v) is 3.53. The number of hydrogen-bond acceptors (Lipinski definition) is 4. The number of benzene rings is 1. The van der Waals surface area contributed by atoms with Gasteiger partial charge in [0.2, 0.25) is 5.69 Å². The highest BCUT2D eigenvalue weighted by Crippen LogP contribution is 2.11. The Labute approximate surface area is 127 Å². The Kier molecular flexibility index (Phi) is 4.59. The number of nitrogens with zero attached hydrogens (tertiary/aromatic N) is 2. The van der Waals surface area contributed by atoms with E-state index in [1.807, 2.05) is 12.1 Å². The van der Waals surface area contributed by atoms with Crippen LogP contribution in [0.2, 0.25) is 0 Å². The molecule has 0 amide bonds. The maximum absolute atomic E-state index is 11.8. The number of thiocarbonyl (C=S) groups is 1. The van der Waals surface area contributed by atoms with Gasteiger partial charge < -0.3 is 15.0 Å². The highest BCUT2D eigenvalue weighted by Gasteiger charge is 2.25. The smallest absolute Gasteiger partial charge is 0.432 e. The second kappa shape index (κ2) is 6.40. The molecule has 0 bridgehead atoms. The summed E-state index contributed by atoms with van der Waals surface area (Å²) in [5.74, 6) is 0.736. The number of methoxy groups -OCH3 is 1. The fraction of sp³-hybridized carbons (Fsp3) is 0.308. The molecule has 1 aromatic heterocycles. The number of H-pyrrole nitrogens is 1. The first-order valence-corrected chi connectivity index (χ1v) is 6.67. The maximum Gasteiger partial charge on any atom is 0.432 e. The van der Waals surface area contributed by atoms with Gasteiger partial charge in [-0.1, -0.05) is 0 Å². The summed E-state index contributed by atoms with van der Waals surface area (Å²) in [6, 6.07) is 7.26. The summed E-state index contributed by atoms with van der Waals surface area (Å²) in [4.78, 5) is 13.6. The van der Waals surface area contributed by atoms with Crippen LogP contribution in [-0.2, 0) is 6.54 Å². The van der Waals surface area contributed by atoms with Gasteiger partial charge in [-0.15, -0.1) is 0 Å². The number of ether oxygens (including phenoxy) is 1. The predicted octanol–water partition coefficient (Wildman–Crippen LogP) is 0.189. The van der Waals surface area contributed by atoms with E-state index in [9.17, 15) is 4.79 Å². The first-order valence-electron chi connectivity index (χ1n) is 6.26. The van der Waals surface area contributed by atoms with E-state index in [1.54, 1.807) is 42.9 Å². The number of aromatic nitrogens is 2. The second-order valence-corrected chi connectivity index (χ2v) is 4.76. The molecular weight excluding hydrogens is 292 g/mol. The minimum absolute atomic E-state index is 0.317. The molecule has 0 aliphatic carbocycles. The number of nitrogens with one attached hydrogen (secondary N) is 2. The highest BCUT2D eigenvalue weighted by atomic mass is 32.1. The lowest BCUT2D eigenvalue weighted by Gasteiger charge is -2.16. The zero-order valence-electron chi connectivity index (χ0n) is 12.0. The zero-order valence-corrected chi connectivity index (χ0v) is 12.9. The van der Waals surface area contributed by atoms with Crippen LogP contribution < -0.4 is 20.4 Å². The highest BCUT2D eigenvalue weighted by molar-refractivity contribution is 7.80. The van der Waals surface area contributed by atoms with E-state index in [0.717, 1.165) is 11.4 Å². The lowest BCUT2D eigenvalue weighted by atomic mass is 10.3. The van der Waals surface area contributed by atoms with Crippen molar-refractivity contribution in [1.29, 1.82) is 0 Å². The Bertz CT molecular complexity index is 677. The molecule has 0 aliphatic heterocycles. The first kappa shape index (κ1) is 15.0. The van der Waals surface area contributed by atoms with Crippen molar-refractivity contribution >= 4 is 17.3 Å². The van der Waals surface area contributed by atoms with Crippen LogP contribution in [0.3, 0.4) is 0 Å². The van der Waals surface area contributed by atoms with Crippen LogP contribution in [0.1, 0.15) is 5.69 Å². The molecule has 2 aromatic rings. The number of aromatic amines is 1. The molecule has 0 spiro atoms. The summed E-state index contributed by atoms with van der Waals surface area (Å²) in [5, 5.41) is 5.99. The molecule has 1 heterocycles. The van der Waals surface area contributed by atoms with Crippen molar-refractivity contribution < 1.29 is 13.9 Å². The normalized spacial score (nSPS) is 10.2. The molecule has 0 atom stereocenters. The molecule has 0 unspecified atom stereocenters. The van der Waals surface area contributed by atoms with Crippen molar-refractivity contribution in [3.05, 3.63) is 40.4 Å². The monoisotopic (exact) mass is 309 g/mol. The van der Waals surface area contributed by atoms with E-state index < -0.39 is 5.63 Å². The second-order valence-electron chi connectivity index (χ2n) is 4.37. The minimum Gasteiger partial charge on any atom is -0.497 e. The van der Waals surface area contributed by atoms with Crippen LogP contribution in [0.5, 0.6) is 5.75 Å². The largest absolute Gasteiger partial charge is 0.497 e. The standard InChI is InChI=1S/C13H16N4O3S/c1-14-13(21)16(2)8-11-12(18)20-15-17(11)9-4-6-10(19-3)7-5-9/h4-7H,8H2,1-3H3,(H-,14,15,18,21)/p+1. The van der Waals surface area contributed by atoms with Crippen LogP contribution in [-0.4, -0.2) is 36.5 Å². The third-order valence-electron chi connectivity index (χ3n) is 3.01. The van der Waals surface area contributed by atoms with Gasteiger partial charge in [0.1, 0.15) is 12.3 Å². The van der Waals surface area contributed by atoms with Gasteiger partial charge in [-0.05, 0) is 34.3 Å². The Hall–Kier alpha value is -2.35. The summed E-state index contributed by atoms with van der Waals surface area (Å²) in [6.07, 6.45) is 0.